The van der Waals surface area contributed by atoms with E-state index >= 15 is 0 Å². The standard InChI is InChI=1S/C12H16BrClN4/c1-8(7-17(2)3)18-11(5-14)16-10-4-9(13)6-15-12(10)18/h4,6,8H,5,7H2,1-3H3. The van der Waals surface area contributed by atoms with Gasteiger partial charge >= 0.3 is 0 Å². The highest BCUT2D eigenvalue weighted by Gasteiger charge is 2.17. The summed E-state index contributed by atoms with van der Waals surface area (Å²) in [6.07, 6.45) is 1.79. The molecule has 1 atom stereocenters. The molecule has 4 nitrogen and oxygen atoms in total. The molecule has 0 aliphatic carbocycles. The molecule has 2 heterocycles. The average Bonchev–Trinajstić information content (AvgIpc) is 2.65. The first-order chi connectivity index (χ1) is 8.52. The maximum absolute atomic E-state index is 5.99. The zero-order chi connectivity index (χ0) is 13.3. The van der Waals surface area contributed by atoms with Crippen LogP contribution in [0.3, 0.4) is 0 Å². The summed E-state index contributed by atoms with van der Waals surface area (Å²) in [5, 5.41) is 0. The summed E-state index contributed by atoms with van der Waals surface area (Å²) in [6, 6.07) is 2.25. The molecule has 0 aliphatic rings. The lowest BCUT2D eigenvalue weighted by atomic mass is 10.3. The Hall–Kier alpha value is -0.650. The summed E-state index contributed by atoms with van der Waals surface area (Å²) in [4.78, 5) is 11.1. The number of likely N-dealkylation sites (N-methyl/N-ethyl adjacent to an activating group) is 1. The van der Waals surface area contributed by atoms with E-state index in [-0.39, 0.29) is 6.04 Å². The molecule has 18 heavy (non-hydrogen) atoms. The molecule has 0 N–H and O–H groups in total. The van der Waals surface area contributed by atoms with E-state index in [0.29, 0.717) is 5.88 Å². The minimum Gasteiger partial charge on any atom is -0.308 e. The highest BCUT2D eigenvalue weighted by molar-refractivity contribution is 9.10. The predicted octanol–water partition coefficient (Wildman–Crippen LogP) is 3.06. The molecule has 0 bridgehead atoms. The van der Waals surface area contributed by atoms with Gasteiger partial charge in [0.15, 0.2) is 5.65 Å². The summed E-state index contributed by atoms with van der Waals surface area (Å²) in [6.45, 7) is 3.08. The molecule has 0 saturated carbocycles. The molecule has 0 aromatic carbocycles. The highest BCUT2D eigenvalue weighted by Crippen LogP contribution is 2.23. The second-order valence-electron chi connectivity index (χ2n) is 4.64. The van der Waals surface area contributed by atoms with Gasteiger partial charge in [-0.15, -0.1) is 11.6 Å². The predicted molar refractivity (Wildman–Crippen MR) is 78.1 cm³/mol. The maximum atomic E-state index is 5.99. The van der Waals surface area contributed by atoms with Gasteiger partial charge in [0.1, 0.15) is 11.3 Å². The van der Waals surface area contributed by atoms with E-state index in [1.165, 1.54) is 0 Å². The van der Waals surface area contributed by atoms with Gasteiger partial charge in [0.2, 0.25) is 0 Å². The van der Waals surface area contributed by atoms with E-state index in [0.717, 1.165) is 28.0 Å². The van der Waals surface area contributed by atoms with Gasteiger partial charge in [-0.2, -0.15) is 0 Å². The fourth-order valence-corrected chi connectivity index (χ4v) is 2.68. The van der Waals surface area contributed by atoms with Gasteiger partial charge in [0.25, 0.3) is 0 Å². The molecular weight excluding hydrogens is 316 g/mol. The lowest BCUT2D eigenvalue weighted by molar-refractivity contribution is 0.337. The number of aromatic nitrogens is 3. The maximum Gasteiger partial charge on any atom is 0.160 e. The number of pyridine rings is 1. The Bertz CT molecular complexity index is 552. The molecule has 0 radical (unpaired) electrons. The third-order valence-corrected chi connectivity index (χ3v) is 3.43. The molecule has 2 rings (SSSR count). The lowest BCUT2D eigenvalue weighted by Crippen LogP contribution is -2.23. The number of imidazole rings is 1. The molecule has 0 fully saturated rings. The van der Waals surface area contributed by atoms with Gasteiger partial charge < -0.3 is 9.47 Å². The van der Waals surface area contributed by atoms with Crippen LogP contribution >= 0.6 is 27.5 Å². The molecular formula is C12H16BrClN4. The number of fused-ring (bicyclic) bond motifs is 1. The Morgan fingerprint density at radius 3 is 2.83 bits per heavy atom. The number of halogens is 2. The zero-order valence-corrected chi connectivity index (χ0v) is 13.0. The molecule has 0 amide bonds. The summed E-state index contributed by atoms with van der Waals surface area (Å²) < 4.78 is 3.05. The third-order valence-electron chi connectivity index (χ3n) is 2.76. The molecule has 1 unspecified atom stereocenters. The summed E-state index contributed by atoms with van der Waals surface area (Å²) in [5.41, 5.74) is 1.77. The SMILES string of the molecule is CC(CN(C)C)n1c(CCl)nc2cc(Br)cnc21. The van der Waals surface area contributed by atoms with Gasteiger partial charge in [0.05, 0.1) is 5.88 Å². The largest absolute Gasteiger partial charge is 0.308 e. The topological polar surface area (TPSA) is 34.0 Å². The molecule has 2 aromatic rings. The average molecular weight is 332 g/mol. The molecule has 98 valence electrons. The zero-order valence-electron chi connectivity index (χ0n) is 10.7. The van der Waals surface area contributed by atoms with Gasteiger partial charge in [-0.05, 0) is 43.0 Å². The third kappa shape index (κ3) is 2.68. The van der Waals surface area contributed by atoms with Crippen molar-refractivity contribution in [1.82, 2.24) is 19.4 Å². The fourth-order valence-electron chi connectivity index (χ4n) is 2.17. The van der Waals surface area contributed by atoms with Gasteiger partial charge in [-0.1, -0.05) is 0 Å². The van der Waals surface area contributed by atoms with Crippen LogP contribution in [0.5, 0.6) is 0 Å². The van der Waals surface area contributed by atoms with Crippen LogP contribution < -0.4 is 0 Å². The van der Waals surface area contributed by atoms with E-state index in [9.17, 15) is 0 Å². The van der Waals surface area contributed by atoms with Crippen molar-refractivity contribution in [3.63, 3.8) is 0 Å². The normalized spacial score (nSPS) is 13.4. The van der Waals surface area contributed by atoms with Crippen molar-refractivity contribution in [2.75, 3.05) is 20.6 Å². The van der Waals surface area contributed by atoms with Crippen molar-refractivity contribution in [2.24, 2.45) is 0 Å². The van der Waals surface area contributed by atoms with E-state index in [1.807, 2.05) is 6.07 Å². The molecule has 2 aromatic heterocycles. The number of hydrogen-bond donors (Lipinski definition) is 0. The Morgan fingerprint density at radius 2 is 2.22 bits per heavy atom. The van der Waals surface area contributed by atoms with Crippen LogP contribution in [-0.4, -0.2) is 40.1 Å². The number of hydrogen-bond acceptors (Lipinski definition) is 3. The Morgan fingerprint density at radius 1 is 1.50 bits per heavy atom. The van der Waals surface area contributed by atoms with Gasteiger partial charge in [-0.25, -0.2) is 9.97 Å². The van der Waals surface area contributed by atoms with E-state index in [4.69, 9.17) is 11.6 Å². The summed E-state index contributed by atoms with van der Waals surface area (Å²) >= 11 is 9.40. The van der Waals surface area contributed by atoms with Crippen LogP contribution in [-0.2, 0) is 5.88 Å². The van der Waals surface area contributed by atoms with Crippen molar-refractivity contribution in [3.8, 4) is 0 Å². The van der Waals surface area contributed by atoms with E-state index < -0.39 is 0 Å². The van der Waals surface area contributed by atoms with Crippen LogP contribution in [0, 0.1) is 0 Å². The van der Waals surface area contributed by atoms with Crippen molar-refractivity contribution in [3.05, 3.63) is 22.6 Å². The minimum absolute atomic E-state index is 0.285. The molecule has 0 saturated heterocycles. The highest BCUT2D eigenvalue weighted by atomic mass is 79.9. The number of nitrogens with zero attached hydrogens (tertiary/aromatic N) is 4. The number of alkyl halides is 1. The second-order valence-corrected chi connectivity index (χ2v) is 5.82. The van der Waals surface area contributed by atoms with Crippen LogP contribution in [0.15, 0.2) is 16.7 Å². The molecule has 0 spiro atoms. The Kier molecular flexibility index (Phi) is 4.25. The number of rotatable bonds is 4. The van der Waals surface area contributed by atoms with Crippen molar-refractivity contribution in [2.45, 2.75) is 18.8 Å². The minimum atomic E-state index is 0.285. The Balaban J connectivity index is 2.53. The second kappa shape index (κ2) is 5.55. The van der Waals surface area contributed by atoms with Crippen LogP contribution in [0.25, 0.3) is 11.2 Å². The van der Waals surface area contributed by atoms with Crippen LogP contribution in [0.4, 0.5) is 0 Å². The van der Waals surface area contributed by atoms with Crippen LogP contribution in [0.1, 0.15) is 18.8 Å². The van der Waals surface area contributed by atoms with Gasteiger partial charge in [-0.3, -0.25) is 0 Å². The van der Waals surface area contributed by atoms with Crippen molar-refractivity contribution in [1.29, 1.82) is 0 Å². The van der Waals surface area contributed by atoms with E-state index in [2.05, 4.69) is 56.4 Å². The van der Waals surface area contributed by atoms with Crippen molar-refractivity contribution >= 4 is 38.7 Å². The summed E-state index contributed by atoms with van der Waals surface area (Å²) in [7, 11) is 4.11. The van der Waals surface area contributed by atoms with E-state index in [1.54, 1.807) is 6.20 Å². The first-order valence-electron chi connectivity index (χ1n) is 5.76. The molecule has 0 aliphatic heterocycles. The van der Waals surface area contributed by atoms with Gasteiger partial charge in [0, 0.05) is 23.3 Å². The first kappa shape index (κ1) is 13.8. The lowest BCUT2D eigenvalue weighted by Gasteiger charge is -2.20. The van der Waals surface area contributed by atoms with Crippen LogP contribution in [0.2, 0.25) is 0 Å². The summed E-state index contributed by atoms with van der Waals surface area (Å²) in [5.74, 6) is 1.26. The molecule has 6 heteroatoms. The Labute approximate surface area is 120 Å². The quantitative estimate of drug-likeness (QED) is 0.808. The first-order valence-corrected chi connectivity index (χ1v) is 7.08. The fraction of sp³-hybridized carbons (Fsp3) is 0.500. The monoisotopic (exact) mass is 330 g/mol. The smallest absolute Gasteiger partial charge is 0.160 e. The van der Waals surface area contributed by atoms with Crippen molar-refractivity contribution < 1.29 is 0 Å².